The topological polar surface area (TPSA) is 94.9 Å². The summed E-state index contributed by atoms with van der Waals surface area (Å²) >= 11 is 2.85. The maximum absolute atomic E-state index is 11.7. The van der Waals surface area contributed by atoms with Crippen molar-refractivity contribution in [2.45, 2.75) is 16.3 Å². The number of nitrogens with two attached hydrogens (primary N) is 2. The number of benzene rings is 1. The Morgan fingerprint density at radius 2 is 2.11 bits per heavy atom. The molecule has 1 amide bonds. The number of carbonyl (C=O) groups is 1. The second-order valence-corrected chi connectivity index (χ2v) is 6.13. The molecule has 1 aromatic carbocycles. The van der Waals surface area contributed by atoms with Crippen molar-refractivity contribution in [2.24, 2.45) is 11.5 Å². The first-order valence-corrected chi connectivity index (χ1v) is 7.42. The number of amides is 1. The lowest BCUT2D eigenvalue weighted by molar-refractivity contribution is -0.123. The van der Waals surface area contributed by atoms with Crippen LogP contribution in [0.15, 0.2) is 41.0 Å². The van der Waals surface area contributed by atoms with Crippen molar-refractivity contribution in [1.82, 2.24) is 9.36 Å². The third kappa shape index (κ3) is 3.31. The molecule has 2 aromatic rings. The van der Waals surface area contributed by atoms with Gasteiger partial charge in [-0.2, -0.15) is 4.37 Å². The highest BCUT2D eigenvalue weighted by atomic mass is 32.2. The number of hydrogen-bond donors (Lipinski definition) is 2. The van der Waals surface area contributed by atoms with Crippen molar-refractivity contribution in [3.63, 3.8) is 0 Å². The van der Waals surface area contributed by atoms with Gasteiger partial charge in [-0.3, -0.25) is 4.79 Å². The van der Waals surface area contributed by atoms with Gasteiger partial charge in [-0.15, -0.1) is 0 Å². The van der Waals surface area contributed by atoms with Crippen LogP contribution in [0.5, 0.6) is 0 Å². The summed E-state index contributed by atoms with van der Waals surface area (Å²) in [6.45, 7) is 0. The largest absolute Gasteiger partial charge is 0.368 e. The third-order valence-electron chi connectivity index (χ3n) is 2.79. The molecular formula is C12H14N4OS2. The molecule has 2 rings (SSSR count). The number of carbonyl (C=O) groups excluding carboxylic acids is 1. The number of hydrogen-bond acceptors (Lipinski definition) is 6. The van der Waals surface area contributed by atoms with E-state index in [0.29, 0.717) is 12.2 Å². The highest BCUT2D eigenvalue weighted by Gasteiger charge is 2.33. The molecule has 0 saturated carbocycles. The summed E-state index contributed by atoms with van der Waals surface area (Å²) in [6, 6.07) is 9.21. The van der Waals surface area contributed by atoms with Crippen molar-refractivity contribution >= 4 is 29.2 Å². The molecule has 100 valence electrons. The zero-order valence-electron chi connectivity index (χ0n) is 10.2. The molecule has 0 aliphatic carbocycles. The normalized spacial score (nSPS) is 13.9. The van der Waals surface area contributed by atoms with Crippen molar-refractivity contribution in [3.8, 4) is 0 Å². The molecule has 19 heavy (non-hydrogen) atoms. The van der Waals surface area contributed by atoms with Crippen molar-refractivity contribution < 1.29 is 4.79 Å². The average molecular weight is 294 g/mol. The van der Waals surface area contributed by atoms with Gasteiger partial charge in [0.05, 0.1) is 0 Å². The van der Waals surface area contributed by atoms with Gasteiger partial charge in [0, 0.05) is 5.75 Å². The minimum absolute atomic E-state index is 0.455. The van der Waals surface area contributed by atoms with E-state index >= 15 is 0 Å². The fourth-order valence-corrected chi connectivity index (χ4v) is 3.26. The van der Waals surface area contributed by atoms with Crippen LogP contribution in [0, 0.1) is 0 Å². The molecule has 0 bridgehead atoms. The van der Waals surface area contributed by atoms with Gasteiger partial charge in [-0.1, -0.05) is 42.1 Å². The Morgan fingerprint density at radius 1 is 1.37 bits per heavy atom. The Balaban J connectivity index is 2.06. The van der Waals surface area contributed by atoms with E-state index in [1.54, 1.807) is 0 Å². The van der Waals surface area contributed by atoms with Gasteiger partial charge in [0.15, 0.2) is 4.34 Å². The summed E-state index contributed by atoms with van der Waals surface area (Å²) in [5, 5.41) is 0. The summed E-state index contributed by atoms with van der Waals surface area (Å²) in [4.78, 5) is 15.7. The van der Waals surface area contributed by atoms with Crippen LogP contribution < -0.4 is 11.5 Å². The predicted molar refractivity (Wildman–Crippen MR) is 76.8 cm³/mol. The Bertz CT molecular complexity index is 532. The van der Waals surface area contributed by atoms with Crippen LogP contribution in [-0.2, 0) is 10.3 Å². The fraction of sp³-hybridized carbons (Fsp3) is 0.250. The van der Waals surface area contributed by atoms with Crippen LogP contribution >= 0.6 is 23.3 Å². The van der Waals surface area contributed by atoms with E-state index in [9.17, 15) is 4.79 Å². The van der Waals surface area contributed by atoms with Gasteiger partial charge in [0.1, 0.15) is 11.9 Å². The van der Waals surface area contributed by atoms with E-state index in [2.05, 4.69) is 9.36 Å². The van der Waals surface area contributed by atoms with Crippen LogP contribution in [0.25, 0.3) is 0 Å². The van der Waals surface area contributed by atoms with Gasteiger partial charge in [-0.05, 0) is 23.5 Å². The van der Waals surface area contributed by atoms with Gasteiger partial charge in [-0.25, -0.2) is 4.98 Å². The van der Waals surface area contributed by atoms with Crippen molar-refractivity contribution in [1.29, 1.82) is 0 Å². The lowest BCUT2D eigenvalue weighted by atomic mass is 9.88. The molecule has 0 fully saturated rings. The zero-order valence-corrected chi connectivity index (χ0v) is 11.8. The van der Waals surface area contributed by atoms with E-state index < -0.39 is 11.4 Å². The first-order valence-electron chi connectivity index (χ1n) is 5.67. The summed E-state index contributed by atoms with van der Waals surface area (Å²) in [6.07, 6.45) is 1.96. The minimum atomic E-state index is -1.14. The van der Waals surface area contributed by atoms with Crippen molar-refractivity contribution in [2.75, 3.05) is 5.75 Å². The quantitative estimate of drug-likeness (QED) is 0.784. The van der Waals surface area contributed by atoms with Gasteiger partial charge >= 0.3 is 0 Å². The molecule has 7 heteroatoms. The van der Waals surface area contributed by atoms with Gasteiger partial charge in [0.25, 0.3) is 0 Å². The van der Waals surface area contributed by atoms with Crippen LogP contribution in [0.3, 0.4) is 0 Å². The number of primary amides is 1. The molecule has 0 radical (unpaired) electrons. The molecule has 0 aliphatic heterocycles. The summed E-state index contributed by atoms with van der Waals surface area (Å²) in [5.74, 6) is 0.139. The number of rotatable bonds is 6. The standard InChI is InChI=1S/C12H14N4OS2/c13-10(17)12(14,9-4-2-1-3-5-9)6-7-18-11-15-8-16-19-11/h1-5,8H,6-7,14H2,(H2,13,17). The van der Waals surface area contributed by atoms with Crippen molar-refractivity contribution in [3.05, 3.63) is 42.2 Å². The molecule has 5 nitrogen and oxygen atoms in total. The molecule has 0 spiro atoms. The van der Waals surface area contributed by atoms with Crippen LogP contribution in [-0.4, -0.2) is 21.0 Å². The van der Waals surface area contributed by atoms with E-state index in [4.69, 9.17) is 11.5 Å². The third-order valence-corrected chi connectivity index (χ3v) is 4.59. The van der Waals surface area contributed by atoms with Crippen LogP contribution in [0.4, 0.5) is 0 Å². The minimum Gasteiger partial charge on any atom is -0.368 e. The maximum atomic E-state index is 11.7. The van der Waals surface area contributed by atoms with Gasteiger partial charge in [0.2, 0.25) is 5.91 Å². The van der Waals surface area contributed by atoms with E-state index in [1.807, 2.05) is 30.3 Å². The van der Waals surface area contributed by atoms with Crippen LogP contribution in [0.2, 0.25) is 0 Å². The Hall–Kier alpha value is -1.44. The lowest BCUT2D eigenvalue weighted by Gasteiger charge is -2.26. The molecule has 0 aliphatic rings. The molecule has 1 heterocycles. The Kier molecular flexibility index (Phi) is 4.52. The fourth-order valence-electron chi connectivity index (χ4n) is 1.67. The summed E-state index contributed by atoms with van der Waals surface area (Å²) in [7, 11) is 0. The van der Waals surface area contributed by atoms with E-state index in [1.165, 1.54) is 29.6 Å². The Labute approximate surface area is 119 Å². The number of aromatic nitrogens is 2. The lowest BCUT2D eigenvalue weighted by Crippen LogP contribution is -2.49. The highest BCUT2D eigenvalue weighted by Crippen LogP contribution is 2.27. The highest BCUT2D eigenvalue weighted by molar-refractivity contribution is 8.00. The number of thioether (sulfide) groups is 1. The molecule has 0 saturated heterocycles. The SMILES string of the molecule is NC(=O)C(N)(CCSc1ncns1)c1ccccc1. The second-order valence-electron chi connectivity index (χ2n) is 4.01. The molecule has 1 unspecified atom stereocenters. The second kappa shape index (κ2) is 6.14. The monoisotopic (exact) mass is 294 g/mol. The summed E-state index contributed by atoms with van der Waals surface area (Å²) in [5.41, 5.74) is 11.2. The zero-order chi connectivity index (χ0) is 13.7. The first-order chi connectivity index (χ1) is 9.13. The van der Waals surface area contributed by atoms with Gasteiger partial charge < -0.3 is 11.5 Å². The van der Waals surface area contributed by atoms with E-state index in [0.717, 1.165) is 9.90 Å². The first kappa shape index (κ1) is 14.0. The molecule has 1 atom stereocenters. The smallest absolute Gasteiger partial charge is 0.242 e. The summed E-state index contributed by atoms with van der Waals surface area (Å²) < 4.78 is 4.78. The molecule has 1 aromatic heterocycles. The van der Waals surface area contributed by atoms with E-state index in [-0.39, 0.29) is 0 Å². The molecular weight excluding hydrogens is 280 g/mol. The maximum Gasteiger partial charge on any atom is 0.242 e. The van der Waals surface area contributed by atoms with Crippen LogP contribution in [0.1, 0.15) is 12.0 Å². The molecule has 4 N–H and O–H groups in total. The average Bonchev–Trinajstić information content (AvgIpc) is 2.92. The number of nitrogens with zero attached hydrogens (tertiary/aromatic N) is 2. The Morgan fingerprint density at radius 3 is 2.68 bits per heavy atom. The predicted octanol–water partition coefficient (Wildman–Crippen LogP) is 1.36.